The molecular formula is C15H16FN3S. The number of imidazole rings is 1. The van der Waals surface area contributed by atoms with Crippen LogP contribution in [0, 0.1) is 5.82 Å². The lowest BCUT2D eigenvalue weighted by Gasteiger charge is -1.95. The highest BCUT2D eigenvalue weighted by molar-refractivity contribution is 7.16. The smallest absolute Gasteiger partial charge is 0.212 e. The van der Waals surface area contributed by atoms with Crippen molar-refractivity contribution < 1.29 is 4.39 Å². The van der Waals surface area contributed by atoms with Gasteiger partial charge in [-0.1, -0.05) is 31.1 Å². The number of aryl methyl sites for hydroxylation is 1. The minimum absolute atomic E-state index is 0.230. The molecule has 3 rings (SSSR count). The number of hydrogen-bond acceptors (Lipinski definition) is 3. The molecule has 3 aromatic rings. The van der Waals surface area contributed by atoms with Crippen LogP contribution < -0.4 is 0 Å². The fraction of sp³-hybridized carbons (Fsp3) is 0.333. The minimum atomic E-state index is -0.230. The van der Waals surface area contributed by atoms with Gasteiger partial charge in [0.1, 0.15) is 10.8 Å². The first-order valence-corrected chi connectivity index (χ1v) is 7.69. The van der Waals surface area contributed by atoms with Gasteiger partial charge in [0, 0.05) is 12.0 Å². The van der Waals surface area contributed by atoms with Gasteiger partial charge in [-0.05, 0) is 30.7 Å². The lowest BCUT2D eigenvalue weighted by molar-refractivity contribution is 0.628. The summed E-state index contributed by atoms with van der Waals surface area (Å²) in [5.41, 5.74) is 1.75. The Morgan fingerprint density at radius 2 is 2.00 bits per heavy atom. The van der Waals surface area contributed by atoms with Crippen molar-refractivity contribution in [2.45, 2.75) is 32.6 Å². The summed E-state index contributed by atoms with van der Waals surface area (Å²) in [6.45, 7) is 2.20. The molecule has 2 aromatic heterocycles. The Bertz CT molecular complexity index is 668. The molecule has 0 saturated heterocycles. The second-order valence-corrected chi connectivity index (χ2v) is 5.85. The molecule has 0 aliphatic carbocycles. The molecule has 0 amide bonds. The maximum atomic E-state index is 12.9. The van der Waals surface area contributed by atoms with Gasteiger partial charge in [-0.15, -0.1) is 0 Å². The summed E-state index contributed by atoms with van der Waals surface area (Å²) in [6.07, 6.45) is 6.56. The van der Waals surface area contributed by atoms with E-state index in [2.05, 4.69) is 17.0 Å². The summed E-state index contributed by atoms with van der Waals surface area (Å²) in [4.78, 5) is 5.46. The maximum absolute atomic E-state index is 12.9. The molecule has 0 atom stereocenters. The summed E-state index contributed by atoms with van der Waals surface area (Å²) >= 11 is 1.63. The number of nitrogens with zero attached hydrogens (tertiary/aromatic N) is 3. The van der Waals surface area contributed by atoms with Gasteiger partial charge in [-0.3, -0.25) is 0 Å². The Labute approximate surface area is 121 Å². The first-order valence-electron chi connectivity index (χ1n) is 6.87. The van der Waals surface area contributed by atoms with Gasteiger partial charge in [0.2, 0.25) is 4.96 Å². The molecule has 0 unspecified atom stereocenters. The largest absolute Gasteiger partial charge is 0.217 e. The van der Waals surface area contributed by atoms with Crippen LogP contribution >= 0.6 is 11.3 Å². The Balaban J connectivity index is 1.81. The zero-order valence-corrected chi connectivity index (χ0v) is 12.2. The van der Waals surface area contributed by atoms with Crippen LogP contribution in [0.4, 0.5) is 4.39 Å². The van der Waals surface area contributed by atoms with Crippen LogP contribution in [0.15, 0.2) is 30.5 Å². The van der Waals surface area contributed by atoms with E-state index < -0.39 is 0 Å². The van der Waals surface area contributed by atoms with Crippen LogP contribution in [0.1, 0.15) is 31.2 Å². The minimum Gasteiger partial charge on any atom is -0.217 e. The van der Waals surface area contributed by atoms with E-state index in [1.807, 2.05) is 10.7 Å². The number of rotatable bonds is 5. The first kappa shape index (κ1) is 13.2. The van der Waals surface area contributed by atoms with Crippen molar-refractivity contribution in [1.29, 1.82) is 0 Å². The molecule has 0 radical (unpaired) electrons. The third-order valence-electron chi connectivity index (χ3n) is 3.22. The molecule has 0 aliphatic heterocycles. The van der Waals surface area contributed by atoms with Crippen LogP contribution in [0.25, 0.3) is 16.2 Å². The van der Waals surface area contributed by atoms with E-state index in [0.29, 0.717) is 0 Å². The number of aromatic nitrogens is 3. The maximum Gasteiger partial charge on any atom is 0.212 e. The van der Waals surface area contributed by atoms with Crippen LogP contribution in [0.3, 0.4) is 0 Å². The van der Waals surface area contributed by atoms with Crippen LogP contribution in [0.5, 0.6) is 0 Å². The molecule has 20 heavy (non-hydrogen) atoms. The molecular weight excluding hydrogens is 273 g/mol. The molecule has 104 valence electrons. The molecule has 2 heterocycles. The Hall–Kier alpha value is -1.75. The number of benzene rings is 1. The fourth-order valence-corrected chi connectivity index (χ4v) is 3.05. The van der Waals surface area contributed by atoms with Crippen LogP contribution in [0.2, 0.25) is 0 Å². The highest BCUT2D eigenvalue weighted by Crippen LogP contribution is 2.23. The quantitative estimate of drug-likeness (QED) is 0.654. The predicted octanol–water partition coefficient (Wildman–Crippen LogP) is 4.33. The molecule has 0 saturated carbocycles. The molecule has 0 aliphatic rings. The monoisotopic (exact) mass is 289 g/mol. The molecule has 0 spiro atoms. The molecule has 0 fully saturated rings. The van der Waals surface area contributed by atoms with Crippen molar-refractivity contribution in [1.82, 2.24) is 14.6 Å². The van der Waals surface area contributed by atoms with Crippen molar-refractivity contribution in [3.05, 3.63) is 41.3 Å². The summed E-state index contributed by atoms with van der Waals surface area (Å²) in [6, 6.07) is 6.38. The molecule has 0 N–H and O–H groups in total. The molecule has 1 aromatic carbocycles. The van der Waals surface area contributed by atoms with Crippen LogP contribution in [-0.2, 0) is 6.42 Å². The van der Waals surface area contributed by atoms with E-state index in [0.717, 1.165) is 27.6 Å². The standard InChI is InChI=1S/C15H16FN3S/c1-2-3-4-5-14-18-19-10-13(17-15(19)20-14)11-6-8-12(16)9-7-11/h6-10H,2-5H2,1H3. The summed E-state index contributed by atoms with van der Waals surface area (Å²) in [5, 5.41) is 5.68. The average molecular weight is 289 g/mol. The van der Waals surface area contributed by atoms with Gasteiger partial charge in [-0.2, -0.15) is 5.10 Å². The Kier molecular flexibility index (Phi) is 3.78. The van der Waals surface area contributed by atoms with Crippen molar-refractivity contribution in [2.75, 3.05) is 0 Å². The Morgan fingerprint density at radius 1 is 1.20 bits per heavy atom. The summed E-state index contributed by atoms with van der Waals surface area (Å²) < 4.78 is 14.7. The fourth-order valence-electron chi connectivity index (χ4n) is 2.13. The SMILES string of the molecule is CCCCCc1nn2cc(-c3ccc(F)cc3)nc2s1. The van der Waals surface area contributed by atoms with Gasteiger partial charge in [0.15, 0.2) is 0 Å². The number of halogens is 1. The number of fused-ring (bicyclic) bond motifs is 1. The van der Waals surface area contributed by atoms with Gasteiger partial charge in [0.25, 0.3) is 0 Å². The third-order valence-corrected chi connectivity index (χ3v) is 4.20. The predicted molar refractivity (Wildman–Crippen MR) is 79.5 cm³/mol. The molecule has 5 heteroatoms. The Morgan fingerprint density at radius 3 is 2.70 bits per heavy atom. The van der Waals surface area contributed by atoms with E-state index >= 15 is 0 Å². The van der Waals surface area contributed by atoms with Gasteiger partial charge < -0.3 is 0 Å². The first-order chi connectivity index (χ1) is 9.76. The van der Waals surface area contributed by atoms with Crippen molar-refractivity contribution in [3.63, 3.8) is 0 Å². The lowest BCUT2D eigenvalue weighted by atomic mass is 10.2. The summed E-state index contributed by atoms with van der Waals surface area (Å²) in [7, 11) is 0. The second kappa shape index (κ2) is 5.71. The average Bonchev–Trinajstić information content (AvgIpc) is 2.98. The van der Waals surface area contributed by atoms with E-state index in [9.17, 15) is 4.39 Å². The van der Waals surface area contributed by atoms with Crippen molar-refractivity contribution in [3.8, 4) is 11.3 Å². The van der Waals surface area contributed by atoms with Gasteiger partial charge in [-0.25, -0.2) is 13.9 Å². The van der Waals surface area contributed by atoms with E-state index in [1.54, 1.807) is 23.5 Å². The van der Waals surface area contributed by atoms with Gasteiger partial charge in [0.05, 0.1) is 11.9 Å². The highest BCUT2D eigenvalue weighted by atomic mass is 32.1. The van der Waals surface area contributed by atoms with Crippen LogP contribution in [-0.4, -0.2) is 14.6 Å². The topological polar surface area (TPSA) is 30.2 Å². The highest BCUT2D eigenvalue weighted by Gasteiger charge is 2.09. The zero-order chi connectivity index (χ0) is 13.9. The second-order valence-electron chi connectivity index (χ2n) is 4.81. The van der Waals surface area contributed by atoms with E-state index in [-0.39, 0.29) is 5.82 Å². The molecule has 3 nitrogen and oxygen atoms in total. The van der Waals surface area contributed by atoms with E-state index in [4.69, 9.17) is 0 Å². The number of unbranched alkanes of at least 4 members (excludes halogenated alkanes) is 2. The normalized spacial score (nSPS) is 11.3. The van der Waals surface area contributed by atoms with Crippen molar-refractivity contribution >= 4 is 16.3 Å². The van der Waals surface area contributed by atoms with Crippen molar-refractivity contribution in [2.24, 2.45) is 0 Å². The zero-order valence-electron chi connectivity index (χ0n) is 11.3. The van der Waals surface area contributed by atoms with E-state index in [1.165, 1.54) is 31.4 Å². The lowest BCUT2D eigenvalue weighted by Crippen LogP contribution is -1.87. The molecule has 0 bridgehead atoms. The third kappa shape index (κ3) is 2.72. The number of hydrogen-bond donors (Lipinski definition) is 0. The van der Waals surface area contributed by atoms with Gasteiger partial charge >= 0.3 is 0 Å². The summed E-state index contributed by atoms with van der Waals surface area (Å²) in [5.74, 6) is -0.230.